The van der Waals surface area contributed by atoms with Crippen LogP contribution in [0.2, 0.25) is 0 Å². The minimum absolute atomic E-state index is 0.816. The lowest BCUT2D eigenvalue weighted by Gasteiger charge is -2.13. The van der Waals surface area contributed by atoms with E-state index in [0.717, 1.165) is 24.8 Å². The van der Waals surface area contributed by atoms with Crippen LogP contribution in [0.15, 0.2) is 12.1 Å². The van der Waals surface area contributed by atoms with Gasteiger partial charge in [0.1, 0.15) is 5.75 Å². The van der Waals surface area contributed by atoms with Gasteiger partial charge in [0.25, 0.3) is 0 Å². The molecule has 1 fully saturated rings. The normalized spacial score (nSPS) is 15.2. The Morgan fingerprint density at radius 2 is 1.88 bits per heavy atom. The molecule has 1 N–H and O–H groups in total. The molecule has 0 bridgehead atoms. The fourth-order valence-electron chi connectivity index (χ4n) is 2.06. The molecule has 1 aliphatic rings. The number of hydrogen-bond acceptors (Lipinski definition) is 2. The van der Waals surface area contributed by atoms with E-state index in [9.17, 15) is 0 Å². The molecule has 16 heavy (non-hydrogen) atoms. The molecule has 0 amide bonds. The van der Waals surface area contributed by atoms with Gasteiger partial charge in [0.2, 0.25) is 0 Å². The summed E-state index contributed by atoms with van der Waals surface area (Å²) >= 11 is 0. The summed E-state index contributed by atoms with van der Waals surface area (Å²) in [5.74, 6) is 1.91. The number of hydrogen-bond donors (Lipinski definition) is 1. The minimum Gasteiger partial charge on any atom is -0.493 e. The number of rotatable bonds is 5. The van der Waals surface area contributed by atoms with E-state index in [1.54, 1.807) is 0 Å². The van der Waals surface area contributed by atoms with Gasteiger partial charge >= 0.3 is 0 Å². The van der Waals surface area contributed by atoms with Crippen LogP contribution in [0.1, 0.15) is 29.5 Å². The highest BCUT2D eigenvalue weighted by Gasteiger charge is 2.22. The number of benzene rings is 1. The minimum atomic E-state index is 0.816. The van der Waals surface area contributed by atoms with Crippen molar-refractivity contribution in [1.29, 1.82) is 0 Å². The van der Waals surface area contributed by atoms with Gasteiger partial charge in [-0.1, -0.05) is 12.1 Å². The third-order valence-corrected chi connectivity index (χ3v) is 3.06. The Bertz CT molecular complexity index is 346. The Labute approximate surface area is 98.0 Å². The number of nitrogens with one attached hydrogen (secondary N) is 1. The van der Waals surface area contributed by atoms with Gasteiger partial charge < -0.3 is 10.1 Å². The molecule has 1 saturated carbocycles. The Morgan fingerprint density at radius 3 is 2.38 bits per heavy atom. The quantitative estimate of drug-likeness (QED) is 0.822. The van der Waals surface area contributed by atoms with Crippen LogP contribution in [0.3, 0.4) is 0 Å². The SMILES string of the molecule is CNCc1cc(C)c(OCC2CC2)c(C)c1. The van der Waals surface area contributed by atoms with E-state index in [-0.39, 0.29) is 0 Å². The zero-order chi connectivity index (χ0) is 11.5. The Hall–Kier alpha value is -1.02. The smallest absolute Gasteiger partial charge is 0.125 e. The molecule has 1 aromatic carbocycles. The topological polar surface area (TPSA) is 21.3 Å². The first-order chi connectivity index (χ1) is 7.70. The second-order valence-electron chi connectivity index (χ2n) is 4.84. The summed E-state index contributed by atoms with van der Waals surface area (Å²) in [6.45, 7) is 6.08. The van der Waals surface area contributed by atoms with Crippen molar-refractivity contribution >= 4 is 0 Å². The van der Waals surface area contributed by atoms with E-state index >= 15 is 0 Å². The highest BCUT2D eigenvalue weighted by Crippen LogP contribution is 2.31. The summed E-state index contributed by atoms with van der Waals surface area (Å²) in [4.78, 5) is 0. The fraction of sp³-hybridized carbons (Fsp3) is 0.571. The van der Waals surface area contributed by atoms with Crippen molar-refractivity contribution in [2.24, 2.45) is 5.92 Å². The van der Waals surface area contributed by atoms with Gasteiger partial charge in [0.15, 0.2) is 0 Å². The predicted molar refractivity (Wildman–Crippen MR) is 66.9 cm³/mol. The largest absolute Gasteiger partial charge is 0.493 e. The van der Waals surface area contributed by atoms with E-state index in [1.165, 1.54) is 29.5 Å². The van der Waals surface area contributed by atoms with Gasteiger partial charge in [-0.2, -0.15) is 0 Å². The van der Waals surface area contributed by atoms with Crippen molar-refractivity contribution in [3.63, 3.8) is 0 Å². The van der Waals surface area contributed by atoms with Crippen molar-refractivity contribution < 1.29 is 4.74 Å². The Balaban J connectivity index is 2.10. The maximum Gasteiger partial charge on any atom is 0.125 e. The van der Waals surface area contributed by atoms with E-state index in [4.69, 9.17) is 4.74 Å². The van der Waals surface area contributed by atoms with Gasteiger partial charge in [-0.15, -0.1) is 0 Å². The maximum atomic E-state index is 5.90. The Morgan fingerprint density at radius 1 is 1.25 bits per heavy atom. The third-order valence-electron chi connectivity index (χ3n) is 3.06. The monoisotopic (exact) mass is 219 g/mol. The molecule has 1 aliphatic carbocycles. The summed E-state index contributed by atoms with van der Waals surface area (Å²) < 4.78 is 5.90. The third kappa shape index (κ3) is 2.76. The van der Waals surface area contributed by atoms with Crippen molar-refractivity contribution in [3.8, 4) is 5.75 Å². The molecule has 88 valence electrons. The van der Waals surface area contributed by atoms with Crippen molar-refractivity contribution in [1.82, 2.24) is 5.32 Å². The maximum absolute atomic E-state index is 5.90. The molecule has 0 unspecified atom stereocenters. The predicted octanol–water partition coefficient (Wildman–Crippen LogP) is 2.81. The molecule has 0 aromatic heterocycles. The highest BCUT2D eigenvalue weighted by molar-refractivity contribution is 5.43. The van der Waals surface area contributed by atoms with Gasteiger partial charge in [0.05, 0.1) is 6.61 Å². The molecule has 0 radical (unpaired) electrons. The van der Waals surface area contributed by atoms with Crippen LogP contribution >= 0.6 is 0 Å². The highest BCUT2D eigenvalue weighted by atomic mass is 16.5. The van der Waals surface area contributed by atoms with Crippen LogP contribution in [-0.4, -0.2) is 13.7 Å². The van der Waals surface area contributed by atoms with Crippen LogP contribution in [-0.2, 0) is 6.54 Å². The van der Waals surface area contributed by atoms with Crippen molar-refractivity contribution in [2.45, 2.75) is 33.2 Å². The van der Waals surface area contributed by atoms with Gasteiger partial charge in [-0.25, -0.2) is 0 Å². The number of ether oxygens (including phenoxy) is 1. The lowest BCUT2D eigenvalue weighted by Crippen LogP contribution is -2.07. The second kappa shape index (κ2) is 4.88. The average molecular weight is 219 g/mol. The Kier molecular flexibility index (Phi) is 3.49. The van der Waals surface area contributed by atoms with Gasteiger partial charge in [0, 0.05) is 6.54 Å². The van der Waals surface area contributed by atoms with Crippen LogP contribution < -0.4 is 10.1 Å². The van der Waals surface area contributed by atoms with Crippen molar-refractivity contribution in [3.05, 3.63) is 28.8 Å². The van der Waals surface area contributed by atoms with Crippen LogP contribution in [0.25, 0.3) is 0 Å². The zero-order valence-corrected chi connectivity index (χ0v) is 10.5. The van der Waals surface area contributed by atoms with E-state index in [2.05, 4.69) is 31.3 Å². The van der Waals surface area contributed by atoms with E-state index in [1.807, 2.05) is 7.05 Å². The van der Waals surface area contributed by atoms with E-state index in [0.29, 0.717) is 0 Å². The average Bonchev–Trinajstić information content (AvgIpc) is 3.00. The summed E-state index contributed by atoms with van der Waals surface area (Å²) in [6, 6.07) is 4.43. The molecule has 0 spiro atoms. The molecular formula is C14H21NO. The standard InChI is InChI=1S/C14H21NO/c1-10-6-13(8-15-3)7-11(2)14(10)16-9-12-4-5-12/h6-7,12,15H,4-5,8-9H2,1-3H3. The summed E-state index contributed by atoms with van der Waals surface area (Å²) in [7, 11) is 1.97. The summed E-state index contributed by atoms with van der Waals surface area (Å²) in [5.41, 5.74) is 3.84. The van der Waals surface area contributed by atoms with Gasteiger partial charge in [-0.3, -0.25) is 0 Å². The lowest BCUT2D eigenvalue weighted by molar-refractivity contribution is 0.296. The second-order valence-corrected chi connectivity index (χ2v) is 4.84. The molecule has 0 aliphatic heterocycles. The lowest BCUT2D eigenvalue weighted by atomic mass is 10.1. The molecule has 2 rings (SSSR count). The van der Waals surface area contributed by atoms with Crippen molar-refractivity contribution in [2.75, 3.05) is 13.7 Å². The number of aryl methyl sites for hydroxylation is 2. The summed E-state index contributed by atoms with van der Waals surface area (Å²) in [5, 5.41) is 3.18. The molecule has 2 nitrogen and oxygen atoms in total. The zero-order valence-electron chi connectivity index (χ0n) is 10.5. The molecule has 1 aromatic rings. The molecule has 0 heterocycles. The fourth-order valence-corrected chi connectivity index (χ4v) is 2.06. The molecule has 0 saturated heterocycles. The first-order valence-corrected chi connectivity index (χ1v) is 6.08. The summed E-state index contributed by atoms with van der Waals surface area (Å²) in [6.07, 6.45) is 2.69. The first kappa shape index (κ1) is 11.5. The molecule has 0 atom stereocenters. The van der Waals surface area contributed by atoms with Gasteiger partial charge in [-0.05, 0) is 56.3 Å². The first-order valence-electron chi connectivity index (χ1n) is 6.08. The van der Waals surface area contributed by atoms with Crippen LogP contribution in [0.4, 0.5) is 0 Å². The molecular weight excluding hydrogens is 198 g/mol. The van der Waals surface area contributed by atoms with Crippen LogP contribution in [0, 0.1) is 19.8 Å². The van der Waals surface area contributed by atoms with E-state index < -0.39 is 0 Å². The van der Waals surface area contributed by atoms with Crippen LogP contribution in [0.5, 0.6) is 5.75 Å². The molecule has 2 heteroatoms.